The van der Waals surface area contributed by atoms with Gasteiger partial charge < -0.3 is 79.1 Å². The summed E-state index contributed by atoms with van der Waals surface area (Å²) >= 11 is 0. The van der Waals surface area contributed by atoms with E-state index in [1.54, 1.807) is 0 Å². The third kappa shape index (κ3) is 7.49. The summed E-state index contributed by atoms with van der Waals surface area (Å²) in [6, 6.07) is 0. The van der Waals surface area contributed by atoms with Gasteiger partial charge >= 0.3 is 0 Å². The molecule has 0 amide bonds. The van der Waals surface area contributed by atoms with Crippen molar-refractivity contribution in [2.24, 2.45) is 46.3 Å². The summed E-state index contributed by atoms with van der Waals surface area (Å²) in [5.41, 5.74) is 1.32. The molecule has 5 heterocycles. The number of nitrogens with one attached hydrogen (secondary N) is 1. The Kier molecular flexibility index (Phi) is 12.9. The van der Waals surface area contributed by atoms with Gasteiger partial charge in [0, 0.05) is 12.5 Å². The van der Waals surface area contributed by atoms with Crippen LogP contribution in [0.3, 0.4) is 0 Å². The smallest absolute Gasteiger partial charge is 0.187 e. The Balaban J connectivity index is 0.940. The molecule has 0 aromatic rings. The molecule has 0 unspecified atom stereocenters. The predicted molar refractivity (Wildman–Crippen MR) is 216 cm³/mol. The van der Waals surface area contributed by atoms with Gasteiger partial charge in [-0.15, -0.1) is 0 Å². The quantitative estimate of drug-likeness (QED) is 0.142. The van der Waals surface area contributed by atoms with Crippen molar-refractivity contribution >= 4 is 0 Å². The van der Waals surface area contributed by atoms with Gasteiger partial charge in [-0.2, -0.15) is 0 Å². The molecule has 5 saturated heterocycles. The van der Waals surface area contributed by atoms with Crippen molar-refractivity contribution in [1.29, 1.82) is 0 Å². The first-order valence-electron chi connectivity index (χ1n) is 23.5. The van der Waals surface area contributed by atoms with E-state index in [-0.39, 0.29) is 22.7 Å². The maximum absolute atomic E-state index is 11.6. The monoisotopic (exact) mass is 883 g/mol. The minimum Gasteiger partial charge on any atom is -0.394 e. The molecule has 3 saturated carbocycles. The van der Waals surface area contributed by atoms with Crippen LogP contribution in [0.5, 0.6) is 0 Å². The van der Waals surface area contributed by atoms with Crippen LogP contribution in [0.15, 0.2) is 11.6 Å². The number of aliphatic hydroxyl groups is 9. The number of hydrogen-bond donors (Lipinski definition) is 10. The van der Waals surface area contributed by atoms with Crippen LogP contribution in [0.1, 0.15) is 92.4 Å². The van der Waals surface area contributed by atoms with Crippen LogP contribution in [0.25, 0.3) is 0 Å². The van der Waals surface area contributed by atoms with E-state index in [0.717, 1.165) is 38.6 Å². The number of piperidine rings is 1. The van der Waals surface area contributed by atoms with Gasteiger partial charge in [0.1, 0.15) is 72.9 Å². The molecule has 0 aromatic heterocycles. The number of fused-ring (bicyclic) bond motifs is 7. The summed E-state index contributed by atoms with van der Waals surface area (Å²) < 4.78 is 43.9. The lowest BCUT2D eigenvalue weighted by Gasteiger charge is -2.59. The largest absolute Gasteiger partial charge is 0.394 e. The lowest BCUT2D eigenvalue weighted by Crippen LogP contribution is -2.67. The van der Waals surface area contributed by atoms with E-state index in [1.165, 1.54) is 25.3 Å². The van der Waals surface area contributed by atoms with Crippen molar-refractivity contribution in [1.82, 2.24) is 5.32 Å². The zero-order valence-electron chi connectivity index (χ0n) is 36.7. The average Bonchev–Trinajstić information content (AvgIpc) is 3.70. The Bertz CT molecular complexity index is 1610. The Hall–Kier alpha value is -0.940. The lowest BCUT2D eigenvalue weighted by molar-refractivity contribution is -0.394. The fraction of sp³-hybridized carbons (Fsp3) is 0.956. The van der Waals surface area contributed by atoms with Crippen molar-refractivity contribution in [3.8, 4) is 0 Å². The van der Waals surface area contributed by atoms with E-state index >= 15 is 0 Å². The highest BCUT2D eigenvalue weighted by Crippen LogP contribution is 2.70. The summed E-state index contributed by atoms with van der Waals surface area (Å²) in [6.45, 7) is 10.8. The number of ether oxygens (including phenoxy) is 7. The molecule has 0 aromatic carbocycles. The van der Waals surface area contributed by atoms with Gasteiger partial charge in [-0.1, -0.05) is 39.3 Å². The van der Waals surface area contributed by atoms with Gasteiger partial charge in [0.05, 0.1) is 31.5 Å². The van der Waals surface area contributed by atoms with E-state index in [4.69, 9.17) is 33.2 Å². The van der Waals surface area contributed by atoms with Gasteiger partial charge in [-0.25, -0.2) is 0 Å². The fourth-order valence-electron chi connectivity index (χ4n) is 14.2. The summed E-state index contributed by atoms with van der Waals surface area (Å²) in [5.74, 6) is 3.32. The lowest BCUT2D eigenvalue weighted by atomic mass is 9.47. The first-order chi connectivity index (χ1) is 29.4. The van der Waals surface area contributed by atoms with Crippen LogP contribution in [0, 0.1) is 46.3 Å². The second-order valence-corrected chi connectivity index (χ2v) is 21.2. The molecule has 62 heavy (non-hydrogen) atoms. The zero-order chi connectivity index (χ0) is 44.2. The zero-order valence-corrected chi connectivity index (χ0v) is 36.7. The number of hydrogen-bond acceptors (Lipinski definition) is 17. The first kappa shape index (κ1) is 46.2. The molecule has 10 N–H and O–H groups in total. The van der Waals surface area contributed by atoms with E-state index < -0.39 is 111 Å². The van der Waals surface area contributed by atoms with E-state index in [2.05, 4.69) is 39.1 Å². The third-order valence-electron chi connectivity index (χ3n) is 17.9. The van der Waals surface area contributed by atoms with E-state index in [1.807, 2.05) is 0 Å². The maximum atomic E-state index is 11.6. The summed E-state index contributed by atoms with van der Waals surface area (Å²) in [6.07, 6.45) is -11.9. The normalized spacial score (nSPS) is 57.6. The summed E-state index contributed by atoms with van der Waals surface area (Å²) in [5, 5.41) is 99.7. The van der Waals surface area contributed by atoms with Crippen LogP contribution in [-0.2, 0) is 33.2 Å². The van der Waals surface area contributed by atoms with Crippen LogP contribution in [0.2, 0.25) is 0 Å². The highest BCUT2D eigenvalue weighted by atomic mass is 16.8. The van der Waals surface area contributed by atoms with Gasteiger partial charge in [-0.05, 0) is 105 Å². The van der Waals surface area contributed by atoms with Gasteiger partial charge in [-0.3, -0.25) is 5.32 Å². The van der Waals surface area contributed by atoms with Crippen molar-refractivity contribution in [2.75, 3.05) is 19.8 Å². The van der Waals surface area contributed by atoms with E-state index in [0.29, 0.717) is 48.3 Å². The average molecular weight is 884 g/mol. The molecule has 1 spiro atoms. The minimum atomic E-state index is -1.84. The SMILES string of the molecule is C[C@@H]1CC[C@@]2(NC1)O[C@H]1C[C@H]3[C@@H]4CC=C5C[C@@H](O[C@H]6O[C@@H](CO)[C@H](O)[C@H](O[C@@H]7O[C@H](CO)[C@H](O)[C@H](O)[C@@H]7O)[C@@H]6O[C@@H]6O[C@@H](C)[C@H](O)[C@H](O)[C@H]6O)CC[C@]5(C)[C@H]4CC[C@]3(C)[C@H]1[C@H]2C. The van der Waals surface area contributed by atoms with Crippen molar-refractivity contribution < 1.29 is 79.1 Å². The van der Waals surface area contributed by atoms with Gasteiger partial charge in [0.25, 0.3) is 0 Å². The molecule has 17 nitrogen and oxygen atoms in total. The van der Waals surface area contributed by atoms with Crippen LogP contribution in [0.4, 0.5) is 0 Å². The Morgan fingerprint density at radius 3 is 2.05 bits per heavy atom. The number of aliphatic hydroxyl groups excluding tert-OH is 9. The molecular weight excluding hydrogens is 810 g/mol. The predicted octanol–water partition coefficient (Wildman–Crippen LogP) is -0.213. The Morgan fingerprint density at radius 2 is 1.35 bits per heavy atom. The van der Waals surface area contributed by atoms with Crippen molar-refractivity contribution in [2.45, 2.75) is 202 Å². The number of rotatable bonds is 8. The second kappa shape index (κ2) is 17.3. The standard InChI is InChI=1S/C45H73NO16/c1-19-8-13-45(46-16-19)20(2)30-27(62-45)15-26-24-7-6-22-14-23(9-11-43(22,4)25(24)10-12-44(26,30)5)57-42-39(61-40-36(54)34(52)31(49)21(3)56-40)38(33(51)29(18-48)59-42)60-41-37(55)35(53)32(50)28(17-47)58-41/h6,19-21,23-42,46-55H,7-18H2,1-5H3/t19-,20-,21+,23+,24-,25+,26+,27+,28-,29+,30+,31+,32+,33+,34+,35+,36-,37+,38+,39+,40+,41+,42+,43+,44+,45-/m1/s1. The molecular formula is C45H73NO16. The molecule has 17 heteroatoms. The fourth-order valence-corrected chi connectivity index (χ4v) is 14.2. The van der Waals surface area contributed by atoms with Crippen molar-refractivity contribution in [3.05, 3.63) is 11.6 Å². The molecule has 0 radical (unpaired) electrons. The Labute approximate surface area is 364 Å². The number of allylic oxidation sites excluding steroid dienone is 1. The molecule has 9 rings (SSSR count). The molecule has 4 aliphatic carbocycles. The van der Waals surface area contributed by atoms with E-state index in [9.17, 15) is 46.0 Å². The first-order valence-corrected chi connectivity index (χ1v) is 23.5. The van der Waals surface area contributed by atoms with Crippen LogP contribution >= 0.6 is 0 Å². The molecule has 8 fully saturated rings. The third-order valence-corrected chi connectivity index (χ3v) is 17.9. The maximum Gasteiger partial charge on any atom is 0.187 e. The molecule has 354 valence electrons. The highest BCUT2D eigenvalue weighted by molar-refractivity contribution is 5.26. The van der Waals surface area contributed by atoms with Gasteiger partial charge in [0.15, 0.2) is 18.9 Å². The molecule has 0 bridgehead atoms. The Morgan fingerprint density at radius 1 is 0.694 bits per heavy atom. The summed E-state index contributed by atoms with van der Waals surface area (Å²) in [7, 11) is 0. The minimum absolute atomic E-state index is 0.0361. The molecule has 5 aliphatic heterocycles. The highest BCUT2D eigenvalue weighted by Gasteiger charge is 2.68. The summed E-state index contributed by atoms with van der Waals surface area (Å²) in [4.78, 5) is 0. The van der Waals surface area contributed by atoms with Gasteiger partial charge in [0.2, 0.25) is 0 Å². The van der Waals surface area contributed by atoms with Crippen LogP contribution in [-0.4, -0.2) is 176 Å². The topological polar surface area (TPSA) is 259 Å². The van der Waals surface area contributed by atoms with Crippen molar-refractivity contribution in [3.63, 3.8) is 0 Å². The van der Waals surface area contributed by atoms with Crippen LogP contribution < -0.4 is 5.32 Å². The molecule has 9 aliphatic rings. The molecule has 26 atom stereocenters. The second-order valence-electron chi connectivity index (χ2n) is 21.2.